The molecule has 2 rings (SSSR count). The van der Waals surface area contributed by atoms with Gasteiger partial charge in [0.1, 0.15) is 0 Å². The van der Waals surface area contributed by atoms with Crippen LogP contribution in [0.3, 0.4) is 0 Å². The average molecular weight is 266 g/mol. The number of rotatable bonds is 4. The summed E-state index contributed by atoms with van der Waals surface area (Å²) in [7, 11) is 2.16. The molecule has 0 radical (unpaired) electrons. The van der Waals surface area contributed by atoms with Crippen LogP contribution in [-0.2, 0) is 0 Å². The summed E-state index contributed by atoms with van der Waals surface area (Å²) in [5, 5.41) is 3.61. The molecule has 1 saturated heterocycles. The van der Waals surface area contributed by atoms with Gasteiger partial charge in [-0.1, -0.05) is 27.2 Å². The summed E-state index contributed by atoms with van der Waals surface area (Å²) >= 11 is 0. The van der Waals surface area contributed by atoms with Crippen LogP contribution in [0.1, 0.15) is 59.3 Å². The quantitative estimate of drug-likeness (QED) is 0.837. The normalized spacial score (nSPS) is 41.4. The monoisotopic (exact) mass is 266 g/mol. The molecule has 19 heavy (non-hydrogen) atoms. The molecule has 1 N–H and O–H groups in total. The van der Waals surface area contributed by atoms with Crippen molar-refractivity contribution < 1.29 is 0 Å². The van der Waals surface area contributed by atoms with E-state index in [2.05, 4.69) is 38.0 Å². The van der Waals surface area contributed by atoms with Crippen molar-refractivity contribution in [1.82, 2.24) is 10.2 Å². The van der Waals surface area contributed by atoms with Gasteiger partial charge in [0.25, 0.3) is 0 Å². The lowest BCUT2D eigenvalue weighted by molar-refractivity contribution is 0.0635. The highest BCUT2D eigenvalue weighted by molar-refractivity contribution is 4.90. The van der Waals surface area contributed by atoms with Crippen LogP contribution in [0.25, 0.3) is 0 Å². The lowest BCUT2D eigenvalue weighted by atomic mass is 9.72. The second kappa shape index (κ2) is 7.08. The second-order valence-corrected chi connectivity index (χ2v) is 7.17. The summed E-state index contributed by atoms with van der Waals surface area (Å²) in [6.07, 6.45) is 8.42. The number of nitrogens with one attached hydrogen (secondary N) is 1. The van der Waals surface area contributed by atoms with Crippen LogP contribution in [0.2, 0.25) is 0 Å². The Morgan fingerprint density at radius 1 is 1.16 bits per heavy atom. The molecule has 2 nitrogen and oxygen atoms in total. The van der Waals surface area contributed by atoms with Gasteiger partial charge in [-0.2, -0.15) is 0 Å². The molecule has 1 saturated carbocycles. The van der Waals surface area contributed by atoms with Crippen LogP contribution >= 0.6 is 0 Å². The highest BCUT2D eigenvalue weighted by Gasteiger charge is 2.35. The topological polar surface area (TPSA) is 15.3 Å². The van der Waals surface area contributed by atoms with Crippen molar-refractivity contribution in [3.05, 3.63) is 0 Å². The molecule has 2 fully saturated rings. The fourth-order valence-electron chi connectivity index (χ4n) is 4.58. The first-order valence-corrected chi connectivity index (χ1v) is 8.57. The third-order valence-electron chi connectivity index (χ3n) is 5.71. The largest absolute Gasteiger partial charge is 0.317 e. The Balaban J connectivity index is 1.98. The van der Waals surface area contributed by atoms with Crippen molar-refractivity contribution in [2.75, 3.05) is 20.1 Å². The first-order valence-electron chi connectivity index (χ1n) is 8.57. The Morgan fingerprint density at radius 3 is 2.63 bits per heavy atom. The van der Waals surface area contributed by atoms with Gasteiger partial charge >= 0.3 is 0 Å². The number of piperidine rings is 1. The van der Waals surface area contributed by atoms with E-state index in [4.69, 9.17) is 0 Å². The zero-order valence-electron chi connectivity index (χ0n) is 13.5. The molecule has 5 atom stereocenters. The summed E-state index contributed by atoms with van der Waals surface area (Å²) < 4.78 is 0. The standard InChI is InChI=1S/C17H34N2/c1-5-15-8-6-7-9-19(15)12-16-14(3)10-13(2)11-17(16)18-4/h13-18H,5-12H2,1-4H3. The molecule has 2 aliphatic rings. The first-order chi connectivity index (χ1) is 9.15. The fraction of sp³-hybridized carbons (Fsp3) is 1.00. The maximum atomic E-state index is 3.61. The Morgan fingerprint density at radius 2 is 1.95 bits per heavy atom. The van der Waals surface area contributed by atoms with Crippen LogP contribution in [0.15, 0.2) is 0 Å². The van der Waals surface area contributed by atoms with E-state index in [1.54, 1.807) is 0 Å². The Hall–Kier alpha value is -0.0800. The smallest absolute Gasteiger partial charge is 0.0110 e. The molecule has 1 aliphatic carbocycles. The van der Waals surface area contributed by atoms with Gasteiger partial charge in [-0.05, 0) is 63.5 Å². The first kappa shape index (κ1) is 15.3. The molecular formula is C17H34N2. The number of likely N-dealkylation sites (tertiary alicyclic amines) is 1. The van der Waals surface area contributed by atoms with E-state index in [1.807, 2.05) is 0 Å². The Bertz CT molecular complexity index is 266. The van der Waals surface area contributed by atoms with Gasteiger partial charge in [0.15, 0.2) is 0 Å². The highest BCUT2D eigenvalue weighted by Crippen LogP contribution is 2.35. The van der Waals surface area contributed by atoms with E-state index < -0.39 is 0 Å². The minimum absolute atomic E-state index is 0.734. The molecule has 5 unspecified atom stereocenters. The minimum Gasteiger partial charge on any atom is -0.317 e. The van der Waals surface area contributed by atoms with Crippen LogP contribution in [0.5, 0.6) is 0 Å². The lowest BCUT2D eigenvalue weighted by Gasteiger charge is -2.45. The summed E-state index contributed by atoms with van der Waals surface area (Å²) in [6, 6.07) is 1.59. The maximum absolute atomic E-state index is 3.61. The third-order valence-corrected chi connectivity index (χ3v) is 5.71. The number of hydrogen-bond donors (Lipinski definition) is 1. The summed E-state index contributed by atoms with van der Waals surface area (Å²) in [4.78, 5) is 2.81. The van der Waals surface area contributed by atoms with Gasteiger partial charge in [-0.15, -0.1) is 0 Å². The number of nitrogens with zero attached hydrogens (tertiary/aromatic N) is 1. The molecule has 0 aromatic heterocycles. The summed E-state index contributed by atoms with van der Waals surface area (Å²) in [5.41, 5.74) is 0. The lowest BCUT2D eigenvalue weighted by Crippen LogP contribution is -2.51. The molecule has 0 amide bonds. The Labute approximate surface area is 120 Å². The van der Waals surface area contributed by atoms with E-state index in [0.29, 0.717) is 0 Å². The molecule has 1 aliphatic heterocycles. The van der Waals surface area contributed by atoms with Crippen molar-refractivity contribution in [3.63, 3.8) is 0 Å². The number of hydrogen-bond acceptors (Lipinski definition) is 2. The third kappa shape index (κ3) is 3.72. The molecule has 0 aromatic carbocycles. The van der Waals surface area contributed by atoms with E-state index in [9.17, 15) is 0 Å². The van der Waals surface area contributed by atoms with Gasteiger partial charge in [0.05, 0.1) is 0 Å². The fourth-order valence-corrected chi connectivity index (χ4v) is 4.58. The molecule has 112 valence electrons. The van der Waals surface area contributed by atoms with Crippen LogP contribution in [0, 0.1) is 17.8 Å². The highest BCUT2D eigenvalue weighted by atomic mass is 15.2. The van der Waals surface area contributed by atoms with Crippen molar-refractivity contribution >= 4 is 0 Å². The predicted octanol–water partition coefficient (Wildman–Crippen LogP) is 3.52. The molecular weight excluding hydrogens is 232 g/mol. The van der Waals surface area contributed by atoms with Gasteiger partial charge in [0, 0.05) is 18.6 Å². The van der Waals surface area contributed by atoms with Crippen LogP contribution in [0.4, 0.5) is 0 Å². The molecule has 2 heteroatoms. The minimum atomic E-state index is 0.734. The SMILES string of the molecule is CCC1CCCCN1CC1C(C)CC(C)CC1NC. The van der Waals surface area contributed by atoms with E-state index in [-0.39, 0.29) is 0 Å². The zero-order valence-corrected chi connectivity index (χ0v) is 13.5. The van der Waals surface area contributed by atoms with Crippen LogP contribution < -0.4 is 5.32 Å². The van der Waals surface area contributed by atoms with Gasteiger partial charge in [0.2, 0.25) is 0 Å². The van der Waals surface area contributed by atoms with E-state index in [1.165, 1.54) is 51.6 Å². The van der Waals surface area contributed by atoms with Crippen molar-refractivity contribution in [2.24, 2.45) is 17.8 Å². The van der Waals surface area contributed by atoms with E-state index >= 15 is 0 Å². The van der Waals surface area contributed by atoms with E-state index in [0.717, 1.165) is 29.8 Å². The predicted molar refractivity (Wildman–Crippen MR) is 83.4 cm³/mol. The summed E-state index contributed by atoms with van der Waals surface area (Å²) in [5.74, 6) is 2.63. The van der Waals surface area contributed by atoms with Gasteiger partial charge < -0.3 is 10.2 Å². The average Bonchev–Trinajstić information content (AvgIpc) is 2.42. The Kier molecular flexibility index (Phi) is 5.70. The van der Waals surface area contributed by atoms with Crippen molar-refractivity contribution in [1.29, 1.82) is 0 Å². The second-order valence-electron chi connectivity index (χ2n) is 7.17. The van der Waals surface area contributed by atoms with Crippen LogP contribution in [-0.4, -0.2) is 37.1 Å². The molecule has 0 bridgehead atoms. The molecule has 0 aromatic rings. The van der Waals surface area contributed by atoms with Crippen molar-refractivity contribution in [3.8, 4) is 0 Å². The molecule has 0 spiro atoms. The molecule has 1 heterocycles. The maximum Gasteiger partial charge on any atom is 0.0110 e. The van der Waals surface area contributed by atoms with Gasteiger partial charge in [-0.3, -0.25) is 0 Å². The van der Waals surface area contributed by atoms with Crippen molar-refractivity contribution in [2.45, 2.75) is 71.4 Å². The van der Waals surface area contributed by atoms with Gasteiger partial charge in [-0.25, -0.2) is 0 Å². The summed E-state index contributed by atoms with van der Waals surface area (Å²) in [6.45, 7) is 9.94. The zero-order chi connectivity index (χ0) is 13.8.